The highest BCUT2D eigenvalue weighted by molar-refractivity contribution is 5.93. The third-order valence-electron chi connectivity index (χ3n) is 1.73. The Morgan fingerprint density at radius 1 is 1.47 bits per heavy atom. The van der Waals surface area contributed by atoms with Crippen molar-refractivity contribution in [2.75, 3.05) is 13.1 Å². The van der Waals surface area contributed by atoms with E-state index < -0.39 is 18.3 Å². The van der Waals surface area contributed by atoms with Crippen molar-refractivity contribution in [1.82, 2.24) is 4.90 Å². The van der Waals surface area contributed by atoms with Crippen molar-refractivity contribution in [1.29, 1.82) is 5.26 Å². The van der Waals surface area contributed by atoms with Gasteiger partial charge in [0.05, 0.1) is 12.5 Å². The summed E-state index contributed by atoms with van der Waals surface area (Å²) in [4.78, 5) is 23.2. The molecule has 0 unspecified atom stereocenters. The van der Waals surface area contributed by atoms with Crippen LogP contribution in [0.15, 0.2) is 0 Å². The van der Waals surface area contributed by atoms with Gasteiger partial charge in [0.2, 0.25) is 5.91 Å². The second-order valence-electron chi connectivity index (χ2n) is 3.71. The molecule has 0 saturated carbocycles. The molecule has 0 spiro atoms. The molecule has 15 heavy (non-hydrogen) atoms. The van der Waals surface area contributed by atoms with Crippen LogP contribution in [0.4, 0.5) is 0 Å². The first-order valence-electron chi connectivity index (χ1n) is 4.84. The summed E-state index contributed by atoms with van der Waals surface area (Å²) in [6.45, 7) is 4.68. The van der Waals surface area contributed by atoms with Gasteiger partial charge in [-0.05, 0) is 5.92 Å². The van der Waals surface area contributed by atoms with E-state index in [9.17, 15) is 9.59 Å². The molecular formula is C10H16N2O3. The van der Waals surface area contributed by atoms with Crippen LogP contribution in [0.2, 0.25) is 0 Å². The molecule has 0 saturated heterocycles. The lowest BCUT2D eigenvalue weighted by Gasteiger charge is -2.22. The van der Waals surface area contributed by atoms with Crippen LogP contribution in [0.3, 0.4) is 0 Å². The summed E-state index contributed by atoms with van der Waals surface area (Å²) < 4.78 is 0. The van der Waals surface area contributed by atoms with E-state index in [0.29, 0.717) is 13.1 Å². The Balaban J connectivity index is 4.27. The van der Waals surface area contributed by atoms with Crippen molar-refractivity contribution in [3.63, 3.8) is 0 Å². The molecule has 0 bridgehead atoms. The molecule has 0 fully saturated rings. The Morgan fingerprint density at radius 2 is 2.07 bits per heavy atom. The van der Waals surface area contributed by atoms with Crippen molar-refractivity contribution >= 4 is 11.9 Å². The molecule has 0 heterocycles. The largest absolute Gasteiger partial charge is 0.481 e. The van der Waals surface area contributed by atoms with Crippen LogP contribution in [-0.4, -0.2) is 35.0 Å². The number of aliphatic carboxylic acids is 1. The summed E-state index contributed by atoms with van der Waals surface area (Å²) >= 11 is 0. The van der Waals surface area contributed by atoms with Crippen molar-refractivity contribution in [3.8, 4) is 6.07 Å². The molecule has 0 aliphatic heterocycles. The van der Waals surface area contributed by atoms with Gasteiger partial charge < -0.3 is 10.0 Å². The minimum Gasteiger partial charge on any atom is -0.481 e. The lowest BCUT2D eigenvalue weighted by atomic mass is 10.2. The van der Waals surface area contributed by atoms with Gasteiger partial charge in [-0.2, -0.15) is 5.26 Å². The molecule has 84 valence electrons. The fourth-order valence-electron chi connectivity index (χ4n) is 1.18. The average Bonchev–Trinajstić information content (AvgIpc) is 2.10. The standard InChI is InChI=1S/C10H16N2O3/c1-8(2)7-12(5-3-4-11)9(13)6-10(14)15/h8H,3,5-7H2,1-2H3,(H,14,15). The number of hydrogen-bond donors (Lipinski definition) is 1. The average molecular weight is 212 g/mol. The van der Waals surface area contributed by atoms with Crippen molar-refractivity contribution in [3.05, 3.63) is 0 Å². The number of hydrogen-bond acceptors (Lipinski definition) is 3. The number of carbonyl (C=O) groups is 2. The molecule has 0 aliphatic rings. The minimum atomic E-state index is -1.13. The van der Waals surface area contributed by atoms with Crippen LogP contribution < -0.4 is 0 Å². The van der Waals surface area contributed by atoms with Gasteiger partial charge in [-0.3, -0.25) is 9.59 Å². The zero-order chi connectivity index (χ0) is 11.8. The monoisotopic (exact) mass is 212 g/mol. The molecule has 0 atom stereocenters. The Hall–Kier alpha value is -1.57. The second kappa shape index (κ2) is 6.82. The van der Waals surface area contributed by atoms with Crippen LogP contribution in [0, 0.1) is 17.2 Å². The Morgan fingerprint density at radius 3 is 2.47 bits per heavy atom. The number of rotatable bonds is 6. The summed E-state index contributed by atoms with van der Waals surface area (Å²) in [5.41, 5.74) is 0. The second-order valence-corrected chi connectivity index (χ2v) is 3.71. The normalized spacial score (nSPS) is 9.73. The first-order valence-corrected chi connectivity index (χ1v) is 4.84. The molecule has 0 aromatic rings. The topological polar surface area (TPSA) is 81.4 Å². The van der Waals surface area contributed by atoms with Gasteiger partial charge in [-0.15, -0.1) is 0 Å². The van der Waals surface area contributed by atoms with Gasteiger partial charge in [0.15, 0.2) is 0 Å². The fourth-order valence-corrected chi connectivity index (χ4v) is 1.18. The smallest absolute Gasteiger partial charge is 0.312 e. The summed E-state index contributed by atoms with van der Waals surface area (Å²) in [7, 11) is 0. The van der Waals surface area contributed by atoms with Crippen molar-refractivity contribution in [2.24, 2.45) is 5.92 Å². The Kier molecular flexibility index (Phi) is 6.11. The third-order valence-corrected chi connectivity index (χ3v) is 1.73. The van der Waals surface area contributed by atoms with E-state index in [2.05, 4.69) is 0 Å². The minimum absolute atomic E-state index is 0.234. The Labute approximate surface area is 89.3 Å². The van der Waals surface area contributed by atoms with Gasteiger partial charge in [-0.1, -0.05) is 13.8 Å². The lowest BCUT2D eigenvalue weighted by Crippen LogP contribution is -2.36. The van der Waals surface area contributed by atoms with E-state index in [-0.39, 0.29) is 12.3 Å². The van der Waals surface area contributed by atoms with E-state index >= 15 is 0 Å². The quantitative estimate of drug-likeness (QED) is 0.662. The summed E-state index contributed by atoms with van der Waals surface area (Å²) in [6, 6.07) is 1.94. The van der Waals surface area contributed by atoms with Crippen LogP contribution in [0.5, 0.6) is 0 Å². The van der Waals surface area contributed by atoms with Gasteiger partial charge >= 0.3 is 5.97 Å². The summed E-state index contributed by atoms with van der Waals surface area (Å²) in [6.07, 6.45) is -0.268. The van der Waals surface area contributed by atoms with E-state index in [1.807, 2.05) is 19.9 Å². The number of nitrogens with zero attached hydrogens (tertiary/aromatic N) is 2. The predicted octanol–water partition coefficient (Wildman–Crippen LogP) is 0.859. The van der Waals surface area contributed by atoms with E-state index in [4.69, 9.17) is 10.4 Å². The fraction of sp³-hybridized carbons (Fsp3) is 0.700. The van der Waals surface area contributed by atoms with Crippen LogP contribution >= 0.6 is 0 Å². The highest BCUT2D eigenvalue weighted by Gasteiger charge is 2.17. The van der Waals surface area contributed by atoms with Crippen LogP contribution in [0.25, 0.3) is 0 Å². The molecule has 0 aromatic carbocycles. The molecule has 1 amide bonds. The lowest BCUT2D eigenvalue weighted by molar-refractivity contribution is -0.144. The Bertz CT molecular complexity index is 268. The number of nitriles is 1. The number of amides is 1. The van der Waals surface area contributed by atoms with E-state index in [1.54, 1.807) is 0 Å². The molecule has 0 rings (SSSR count). The first-order chi connectivity index (χ1) is 6.97. The summed E-state index contributed by atoms with van der Waals surface area (Å²) in [5.74, 6) is -1.29. The SMILES string of the molecule is CC(C)CN(CCC#N)C(=O)CC(=O)O. The zero-order valence-corrected chi connectivity index (χ0v) is 9.06. The van der Waals surface area contributed by atoms with Crippen LogP contribution in [-0.2, 0) is 9.59 Å². The maximum atomic E-state index is 11.4. The van der Waals surface area contributed by atoms with Gasteiger partial charge in [0, 0.05) is 13.1 Å². The molecule has 0 radical (unpaired) electrons. The van der Waals surface area contributed by atoms with Gasteiger partial charge in [-0.25, -0.2) is 0 Å². The molecule has 5 heteroatoms. The highest BCUT2D eigenvalue weighted by atomic mass is 16.4. The van der Waals surface area contributed by atoms with Crippen molar-refractivity contribution < 1.29 is 14.7 Å². The van der Waals surface area contributed by atoms with E-state index in [1.165, 1.54) is 4.90 Å². The van der Waals surface area contributed by atoms with Gasteiger partial charge in [0.25, 0.3) is 0 Å². The zero-order valence-electron chi connectivity index (χ0n) is 9.06. The molecule has 0 aliphatic carbocycles. The molecule has 5 nitrogen and oxygen atoms in total. The predicted molar refractivity (Wildman–Crippen MR) is 53.9 cm³/mol. The maximum absolute atomic E-state index is 11.4. The first kappa shape index (κ1) is 13.4. The van der Waals surface area contributed by atoms with Gasteiger partial charge in [0.1, 0.15) is 6.42 Å². The number of carboxylic acid groups (broad SMARTS) is 1. The van der Waals surface area contributed by atoms with Crippen molar-refractivity contribution in [2.45, 2.75) is 26.7 Å². The highest BCUT2D eigenvalue weighted by Crippen LogP contribution is 2.02. The molecule has 0 aromatic heterocycles. The van der Waals surface area contributed by atoms with Crippen LogP contribution in [0.1, 0.15) is 26.7 Å². The van der Waals surface area contributed by atoms with E-state index in [0.717, 1.165) is 0 Å². The third kappa shape index (κ3) is 6.49. The maximum Gasteiger partial charge on any atom is 0.312 e. The molecule has 1 N–H and O–H groups in total. The molecular weight excluding hydrogens is 196 g/mol. The summed E-state index contributed by atoms with van der Waals surface area (Å²) in [5, 5.41) is 16.9. The number of carboxylic acids is 1. The number of carbonyl (C=O) groups excluding carboxylic acids is 1.